The van der Waals surface area contributed by atoms with Gasteiger partial charge in [0.25, 0.3) is 5.91 Å². The molecule has 0 saturated carbocycles. The average molecular weight is 321 g/mol. The van der Waals surface area contributed by atoms with Crippen LogP contribution in [0.2, 0.25) is 0 Å². The Morgan fingerprint density at radius 1 is 1.08 bits per heavy atom. The van der Waals surface area contributed by atoms with E-state index >= 15 is 0 Å². The summed E-state index contributed by atoms with van der Waals surface area (Å²) in [4.78, 5) is 20.4. The number of amides is 1. The highest BCUT2D eigenvalue weighted by Gasteiger charge is 2.11. The van der Waals surface area contributed by atoms with Crippen LogP contribution in [0.25, 0.3) is 0 Å². The van der Waals surface area contributed by atoms with Gasteiger partial charge in [-0.15, -0.1) is 0 Å². The van der Waals surface area contributed by atoms with Crippen LogP contribution in [0.4, 0.5) is 5.82 Å². The maximum atomic E-state index is 12.3. The number of hydrogen-bond acceptors (Lipinski definition) is 4. The molecule has 0 bridgehead atoms. The summed E-state index contributed by atoms with van der Waals surface area (Å²) in [6, 6.07) is 10.1. The van der Waals surface area contributed by atoms with E-state index in [1.807, 2.05) is 6.92 Å². The van der Waals surface area contributed by atoms with Crippen LogP contribution in [0, 0.1) is 6.92 Å². The molecular weight excluding hydrogens is 302 g/mol. The Bertz CT molecular complexity index is 821. The van der Waals surface area contributed by atoms with Crippen molar-refractivity contribution in [2.24, 2.45) is 0 Å². The lowest BCUT2D eigenvalue weighted by Crippen LogP contribution is -2.17. The number of carbonyl (C=O) groups excluding carboxylic acids is 1. The van der Waals surface area contributed by atoms with Gasteiger partial charge in [0, 0.05) is 12.3 Å². The van der Waals surface area contributed by atoms with E-state index in [4.69, 9.17) is 0 Å². The van der Waals surface area contributed by atoms with Gasteiger partial charge in [0.2, 0.25) is 0 Å². The average Bonchev–Trinajstić information content (AvgIpc) is 3.03. The molecule has 0 aliphatic heterocycles. The Hall–Kier alpha value is -3.02. The van der Waals surface area contributed by atoms with Gasteiger partial charge in [0.1, 0.15) is 11.5 Å². The smallest absolute Gasteiger partial charge is 0.277 e. The Morgan fingerprint density at radius 2 is 1.83 bits per heavy atom. The van der Waals surface area contributed by atoms with Crippen LogP contribution >= 0.6 is 0 Å². The number of nitrogens with zero attached hydrogens (tertiary/aromatic N) is 4. The van der Waals surface area contributed by atoms with Crippen molar-refractivity contribution >= 4 is 11.7 Å². The maximum Gasteiger partial charge on any atom is 0.277 e. The Morgan fingerprint density at radius 3 is 2.50 bits per heavy atom. The molecule has 2 aromatic heterocycles. The van der Waals surface area contributed by atoms with Gasteiger partial charge in [0.05, 0.1) is 24.6 Å². The minimum absolute atomic E-state index is 0.278. The minimum atomic E-state index is -0.300. The quantitative estimate of drug-likeness (QED) is 0.784. The predicted octanol–water partition coefficient (Wildman–Crippen LogP) is 2.84. The number of aromatic nitrogens is 4. The maximum absolute atomic E-state index is 12.3. The van der Waals surface area contributed by atoms with Gasteiger partial charge in [-0.2, -0.15) is 5.10 Å². The van der Waals surface area contributed by atoms with Crippen LogP contribution in [0.1, 0.15) is 34.2 Å². The van der Waals surface area contributed by atoms with E-state index < -0.39 is 0 Å². The molecule has 2 heterocycles. The molecule has 0 saturated heterocycles. The highest BCUT2D eigenvalue weighted by molar-refractivity contribution is 6.02. The summed E-state index contributed by atoms with van der Waals surface area (Å²) in [5.74, 6) is 0.326. The predicted molar refractivity (Wildman–Crippen MR) is 91.9 cm³/mol. The van der Waals surface area contributed by atoms with Gasteiger partial charge in [-0.1, -0.05) is 31.2 Å². The first-order chi connectivity index (χ1) is 11.7. The van der Waals surface area contributed by atoms with Gasteiger partial charge in [-0.25, -0.2) is 9.67 Å². The zero-order valence-corrected chi connectivity index (χ0v) is 13.7. The lowest BCUT2D eigenvalue weighted by atomic mass is 10.1. The van der Waals surface area contributed by atoms with Crippen molar-refractivity contribution in [3.8, 4) is 0 Å². The van der Waals surface area contributed by atoms with E-state index in [-0.39, 0.29) is 11.6 Å². The lowest BCUT2D eigenvalue weighted by Gasteiger charge is -2.09. The summed E-state index contributed by atoms with van der Waals surface area (Å²) in [6.45, 7) is 4.55. The van der Waals surface area contributed by atoms with Crippen molar-refractivity contribution in [2.45, 2.75) is 26.8 Å². The molecule has 0 fully saturated rings. The zero-order chi connectivity index (χ0) is 16.9. The van der Waals surface area contributed by atoms with Crippen LogP contribution in [0.3, 0.4) is 0 Å². The van der Waals surface area contributed by atoms with Gasteiger partial charge in [0.15, 0.2) is 0 Å². The molecular formula is C18H19N5O. The van der Waals surface area contributed by atoms with Crippen molar-refractivity contribution in [1.82, 2.24) is 19.7 Å². The van der Waals surface area contributed by atoms with Crippen LogP contribution < -0.4 is 5.32 Å². The van der Waals surface area contributed by atoms with E-state index in [0.29, 0.717) is 12.4 Å². The van der Waals surface area contributed by atoms with Crippen LogP contribution in [-0.4, -0.2) is 25.7 Å². The molecule has 0 aliphatic carbocycles. The summed E-state index contributed by atoms with van der Waals surface area (Å²) in [5, 5.41) is 7.11. The molecule has 0 aliphatic rings. The van der Waals surface area contributed by atoms with E-state index in [1.165, 1.54) is 11.8 Å². The highest BCUT2D eigenvalue weighted by Crippen LogP contribution is 2.12. The molecule has 1 aromatic carbocycles. The monoisotopic (exact) mass is 321 g/mol. The first kappa shape index (κ1) is 15.9. The molecule has 3 rings (SSSR count). The number of hydrogen-bond donors (Lipinski definition) is 1. The fourth-order valence-electron chi connectivity index (χ4n) is 2.31. The van der Waals surface area contributed by atoms with Crippen molar-refractivity contribution in [3.05, 3.63) is 71.4 Å². The zero-order valence-electron chi connectivity index (χ0n) is 13.7. The topological polar surface area (TPSA) is 72.7 Å². The number of nitrogens with one attached hydrogen (secondary N) is 1. The molecule has 1 N–H and O–H groups in total. The first-order valence-electron chi connectivity index (χ1n) is 7.85. The van der Waals surface area contributed by atoms with Gasteiger partial charge < -0.3 is 5.32 Å². The van der Waals surface area contributed by atoms with Crippen molar-refractivity contribution in [2.75, 3.05) is 5.32 Å². The van der Waals surface area contributed by atoms with Crippen molar-refractivity contribution < 1.29 is 4.79 Å². The van der Waals surface area contributed by atoms with Gasteiger partial charge in [-0.05, 0) is 24.5 Å². The molecule has 3 aromatic rings. The molecule has 24 heavy (non-hydrogen) atoms. The third-order valence-electron chi connectivity index (χ3n) is 3.74. The molecule has 0 radical (unpaired) electrons. The van der Waals surface area contributed by atoms with E-state index in [0.717, 1.165) is 17.7 Å². The number of anilines is 1. The number of carbonyl (C=O) groups is 1. The summed E-state index contributed by atoms with van der Waals surface area (Å²) >= 11 is 0. The van der Waals surface area contributed by atoms with Gasteiger partial charge >= 0.3 is 0 Å². The van der Waals surface area contributed by atoms with E-state index in [2.05, 4.69) is 51.6 Å². The molecule has 6 nitrogen and oxygen atoms in total. The lowest BCUT2D eigenvalue weighted by molar-refractivity contribution is 0.102. The summed E-state index contributed by atoms with van der Waals surface area (Å²) in [6.07, 6.45) is 5.72. The van der Waals surface area contributed by atoms with Crippen LogP contribution in [-0.2, 0) is 13.0 Å². The van der Waals surface area contributed by atoms with E-state index in [9.17, 15) is 4.79 Å². The van der Waals surface area contributed by atoms with Crippen LogP contribution in [0.5, 0.6) is 0 Å². The summed E-state index contributed by atoms with van der Waals surface area (Å²) < 4.78 is 1.75. The largest absolute Gasteiger partial charge is 0.305 e. The second kappa shape index (κ2) is 7.04. The molecule has 1 amide bonds. The SMILES string of the molecule is CCc1ccc(Cn2nccc2NC(=O)c2cnc(C)cn2)cc1. The third kappa shape index (κ3) is 3.65. The molecule has 0 atom stereocenters. The normalized spacial score (nSPS) is 10.6. The van der Waals surface area contributed by atoms with Gasteiger partial charge in [-0.3, -0.25) is 9.78 Å². The summed E-state index contributed by atoms with van der Waals surface area (Å²) in [5.41, 5.74) is 3.47. The minimum Gasteiger partial charge on any atom is -0.305 e. The Balaban J connectivity index is 1.72. The number of aryl methyl sites for hydroxylation is 2. The molecule has 122 valence electrons. The molecule has 6 heteroatoms. The Kier molecular flexibility index (Phi) is 4.65. The first-order valence-corrected chi connectivity index (χ1v) is 7.85. The Labute approximate surface area is 140 Å². The fourth-order valence-corrected chi connectivity index (χ4v) is 2.31. The highest BCUT2D eigenvalue weighted by atomic mass is 16.2. The molecule has 0 unspecified atom stereocenters. The van der Waals surface area contributed by atoms with Crippen molar-refractivity contribution in [1.29, 1.82) is 0 Å². The summed E-state index contributed by atoms with van der Waals surface area (Å²) in [7, 11) is 0. The molecule has 0 spiro atoms. The number of rotatable bonds is 5. The van der Waals surface area contributed by atoms with Crippen molar-refractivity contribution in [3.63, 3.8) is 0 Å². The second-order valence-electron chi connectivity index (χ2n) is 5.54. The standard InChI is InChI=1S/C18H19N5O/c1-3-14-4-6-15(7-5-14)12-23-17(8-9-21-23)22-18(24)16-11-19-13(2)10-20-16/h4-11H,3,12H2,1-2H3,(H,22,24). The van der Waals surface area contributed by atoms with Crippen LogP contribution in [0.15, 0.2) is 48.9 Å². The fraction of sp³-hybridized carbons (Fsp3) is 0.222. The third-order valence-corrected chi connectivity index (χ3v) is 3.74. The number of benzene rings is 1. The second-order valence-corrected chi connectivity index (χ2v) is 5.54. The van der Waals surface area contributed by atoms with E-state index in [1.54, 1.807) is 23.1 Å².